The van der Waals surface area contributed by atoms with Gasteiger partial charge in [0.15, 0.2) is 0 Å². The molecule has 0 aliphatic rings. The number of nitrogens with zero attached hydrogens (tertiary/aromatic N) is 1. The van der Waals surface area contributed by atoms with Gasteiger partial charge in [0.25, 0.3) is 0 Å². The number of hydrogen-bond donors (Lipinski definition) is 2. The highest BCUT2D eigenvalue weighted by Crippen LogP contribution is 2.24. The number of aromatic nitrogens is 1. The zero-order chi connectivity index (χ0) is 16.7. The Morgan fingerprint density at radius 3 is 2.74 bits per heavy atom. The molecule has 0 fully saturated rings. The van der Waals surface area contributed by atoms with Gasteiger partial charge in [0.2, 0.25) is 0 Å². The van der Waals surface area contributed by atoms with Crippen LogP contribution in [-0.2, 0) is 13.1 Å². The topological polar surface area (TPSA) is 63.2 Å². The summed E-state index contributed by atoms with van der Waals surface area (Å²) in [6, 6.07) is 7.36. The predicted molar refractivity (Wildman–Crippen MR) is 81.4 cm³/mol. The molecule has 0 unspecified atom stereocenters. The van der Waals surface area contributed by atoms with E-state index >= 15 is 0 Å². The van der Waals surface area contributed by atoms with E-state index in [0.717, 1.165) is 5.56 Å². The lowest BCUT2D eigenvalue weighted by Gasteiger charge is -2.12. The Labute approximate surface area is 136 Å². The monoisotopic (exact) mass is 341 g/mol. The van der Waals surface area contributed by atoms with Crippen molar-refractivity contribution < 1.29 is 18.3 Å². The molecule has 0 aliphatic heterocycles. The predicted octanol–water partition coefficient (Wildman–Crippen LogP) is 3.34. The summed E-state index contributed by atoms with van der Waals surface area (Å²) in [5.74, 6) is -0.0306. The molecule has 2 aromatic rings. The second-order valence-corrected chi connectivity index (χ2v) is 4.96. The second-order valence-electron chi connectivity index (χ2n) is 4.53. The van der Waals surface area contributed by atoms with Gasteiger partial charge in [0, 0.05) is 36.1 Å². The number of hydrogen-bond acceptors (Lipinski definition) is 3. The minimum absolute atomic E-state index is 0.00147. The van der Waals surface area contributed by atoms with E-state index in [9.17, 15) is 13.6 Å². The van der Waals surface area contributed by atoms with Crippen molar-refractivity contribution in [2.24, 2.45) is 0 Å². The first-order valence-electron chi connectivity index (χ1n) is 6.68. The fourth-order valence-corrected chi connectivity index (χ4v) is 2.01. The van der Waals surface area contributed by atoms with Crippen molar-refractivity contribution in [2.45, 2.75) is 19.7 Å². The average Bonchev–Trinajstić information content (AvgIpc) is 2.53. The maximum Gasteiger partial charge on any atom is 0.387 e. The summed E-state index contributed by atoms with van der Waals surface area (Å²) in [5, 5.41) is 5.55. The standard InChI is InChI=1S/C15H14ClF2N3O2/c16-12-3-4-13(23-14(17)18)11(6-12)9-21-15(22)20-8-10-2-1-5-19-7-10/h1-7,14H,8-9H2,(H2,20,21,22). The summed E-state index contributed by atoms with van der Waals surface area (Å²) < 4.78 is 29.1. The number of benzene rings is 1. The Balaban J connectivity index is 1.89. The highest BCUT2D eigenvalue weighted by Gasteiger charge is 2.11. The number of pyridine rings is 1. The summed E-state index contributed by atoms with van der Waals surface area (Å²) in [6.07, 6.45) is 3.26. The first-order chi connectivity index (χ1) is 11.0. The molecule has 5 nitrogen and oxygen atoms in total. The van der Waals surface area contributed by atoms with Crippen LogP contribution in [0.2, 0.25) is 5.02 Å². The zero-order valence-corrected chi connectivity index (χ0v) is 12.7. The molecule has 0 aliphatic carbocycles. The van der Waals surface area contributed by atoms with Crippen molar-refractivity contribution in [1.82, 2.24) is 15.6 Å². The first kappa shape index (κ1) is 17.0. The maximum atomic E-state index is 12.3. The van der Waals surface area contributed by atoms with Gasteiger partial charge in [-0.1, -0.05) is 17.7 Å². The van der Waals surface area contributed by atoms with Crippen LogP contribution < -0.4 is 15.4 Å². The van der Waals surface area contributed by atoms with Gasteiger partial charge >= 0.3 is 12.6 Å². The lowest BCUT2D eigenvalue weighted by atomic mass is 10.2. The average molecular weight is 342 g/mol. The Morgan fingerprint density at radius 2 is 2.04 bits per heavy atom. The summed E-state index contributed by atoms with van der Waals surface area (Å²) in [6.45, 7) is -2.65. The fourth-order valence-electron chi connectivity index (χ4n) is 1.82. The van der Waals surface area contributed by atoms with E-state index in [1.165, 1.54) is 18.2 Å². The van der Waals surface area contributed by atoms with Crippen molar-refractivity contribution in [3.05, 3.63) is 58.9 Å². The molecule has 2 N–H and O–H groups in total. The smallest absolute Gasteiger partial charge is 0.387 e. The van der Waals surface area contributed by atoms with E-state index < -0.39 is 12.6 Å². The molecule has 0 atom stereocenters. The van der Waals surface area contributed by atoms with E-state index in [1.807, 2.05) is 6.07 Å². The summed E-state index contributed by atoms with van der Waals surface area (Å²) in [5.41, 5.74) is 1.20. The highest BCUT2D eigenvalue weighted by atomic mass is 35.5. The fraction of sp³-hybridized carbons (Fsp3) is 0.200. The van der Waals surface area contributed by atoms with E-state index in [4.69, 9.17) is 11.6 Å². The molecule has 0 bridgehead atoms. The molecule has 1 aromatic carbocycles. The molecule has 1 aromatic heterocycles. The number of urea groups is 1. The summed E-state index contributed by atoms with van der Waals surface area (Å²) in [7, 11) is 0. The third kappa shape index (κ3) is 5.71. The highest BCUT2D eigenvalue weighted by molar-refractivity contribution is 6.30. The molecule has 23 heavy (non-hydrogen) atoms. The normalized spacial score (nSPS) is 10.4. The van der Waals surface area contributed by atoms with Gasteiger partial charge in [-0.3, -0.25) is 4.98 Å². The van der Waals surface area contributed by atoms with Crippen LogP contribution in [0.15, 0.2) is 42.7 Å². The van der Waals surface area contributed by atoms with Gasteiger partial charge < -0.3 is 15.4 Å². The lowest BCUT2D eigenvalue weighted by Crippen LogP contribution is -2.34. The van der Waals surface area contributed by atoms with Gasteiger partial charge in [0.1, 0.15) is 5.75 Å². The van der Waals surface area contributed by atoms with E-state index in [0.29, 0.717) is 17.1 Å². The molecule has 8 heteroatoms. The number of ether oxygens (including phenoxy) is 1. The van der Waals surface area contributed by atoms with Crippen LogP contribution in [0.1, 0.15) is 11.1 Å². The molecule has 0 saturated heterocycles. The molecule has 2 rings (SSSR count). The number of alkyl halides is 2. The molecule has 1 heterocycles. The van der Waals surface area contributed by atoms with Crippen molar-refractivity contribution in [3.63, 3.8) is 0 Å². The largest absolute Gasteiger partial charge is 0.434 e. The number of carbonyl (C=O) groups is 1. The number of amides is 2. The molecule has 0 saturated carbocycles. The van der Waals surface area contributed by atoms with Crippen LogP contribution in [0, 0.1) is 0 Å². The van der Waals surface area contributed by atoms with Crippen LogP contribution in [0.4, 0.5) is 13.6 Å². The van der Waals surface area contributed by atoms with E-state index in [-0.39, 0.29) is 12.3 Å². The van der Waals surface area contributed by atoms with Crippen LogP contribution >= 0.6 is 11.6 Å². The first-order valence-corrected chi connectivity index (χ1v) is 7.06. The number of nitrogens with one attached hydrogen (secondary N) is 2. The lowest BCUT2D eigenvalue weighted by molar-refractivity contribution is -0.0504. The van der Waals surface area contributed by atoms with Gasteiger partial charge in [-0.15, -0.1) is 0 Å². The SMILES string of the molecule is O=C(NCc1cccnc1)NCc1cc(Cl)ccc1OC(F)F. The minimum Gasteiger partial charge on any atom is -0.434 e. The van der Waals surface area contributed by atoms with E-state index in [2.05, 4.69) is 20.4 Å². The second kappa shape index (κ2) is 8.28. The van der Waals surface area contributed by atoms with Gasteiger partial charge in [0.05, 0.1) is 0 Å². The van der Waals surface area contributed by atoms with E-state index in [1.54, 1.807) is 18.5 Å². The Bertz CT molecular complexity index is 656. The molecule has 0 spiro atoms. The summed E-state index contributed by atoms with van der Waals surface area (Å²) >= 11 is 5.83. The van der Waals surface area contributed by atoms with Crippen LogP contribution in [-0.4, -0.2) is 17.6 Å². The number of rotatable bonds is 6. The third-order valence-electron chi connectivity index (χ3n) is 2.85. The molecule has 2 amide bonds. The van der Waals surface area contributed by atoms with Crippen molar-refractivity contribution in [1.29, 1.82) is 0 Å². The van der Waals surface area contributed by atoms with Gasteiger partial charge in [-0.2, -0.15) is 8.78 Å². The summed E-state index contributed by atoms with van der Waals surface area (Å²) in [4.78, 5) is 15.7. The van der Waals surface area contributed by atoms with Gasteiger partial charge in [-0.05, 0) is 29.8 Å². The zero-order valence-electron chi connectivity index (χ0n) is 11.9. The third-order valence-corrected chi connectivity index (χ3v) is 3.09. The van der Waals surface area contributed by atoms with Crippen LogP contribution in [0.5, 0.6) is 5.75 Å². The molecular formula is C15H14ClF2N3O2. The molecular weight excluding hydrogens is 328 g/mol. The maximum absolute atomic E-state index is 12.3. The Kier molecular flexibility index (Phi) is 6.10. The Morgan fingerprint density at radius 1 is 1.26 bits per heavy atom. The molecule has 122 valence electrons. The van der Waals surface area contributed by atoms with Gasteiger partial charge in [-0.25, -0.2) is 4.79 Å². The quantitative estimate of drug-likeness (QED) is 0.847. The Hall–Kier alpha value is -2.41. The molecule has 0 radical (unpaired) electrons. The van der Waals surface area contributed by atoms with Crippen molar-refractivity contribution in [3.8, 4) is 5.75 Å². The van der Waals surface area contributed by atoms with Crippen LogP contribution in [0.3, 0.4) is 0 Å². The van der Waals surface area contributed by atoms with Crippen LogP contribution in [0.25, 0.3) is 0 Å². The number of halogens is 3. The number of carbonyl (C=O) groups excluding carboxylic acids is 1. The minimum atomic E-state index is -2.95. The van der Waals surface area contributed by atoms with Crippen molar-refractivity contribution in [2.75, 3.05) is 0 Å². The van der Waals surface area contributed by atoms with Crippen molar-refractivity contribution >= 4 is 17.6 Å².